The normalized spacial score (nSPS) is 10.4. The van der Waals surface area contributed by atoms with Gasteiger partial charge in [-0.25, -0.2) is 4.98 Å². The molecule has 0 aromatic carbocycles. The first-order valence-corrected chi connectivity index (χ1v) is 5.41. The molecule has 0 unspecified atom stereocenters. The number of hydrogen-bond donors (Lipinski definition) is 2. The van der Waals surface area contributed by atoms with Gasteiger partial charge >= 0.3 is 0 Å². The van der Waals surface area contributed by atoms with Crippen molar-refractivity contribution in [1.29, 1.82) is 0 Å². The van der Waals surface area contributed by atoms with E-state index in [1.165, 1.54) is 0 Å². The molecular formula is C8H7BrN4S. The molecule has 4 nitrogen and oxygen atoms in total. The van der Waals surface area contributed by atoms with E-state index in [9.17, 15) is 0 Å². The lowest BCUT2D eigenvalue weighted by Crippen LogP contribution is -2.00. The first-order chi connectivity index (χ1) is 6.66. The second kappa shape index (κ2) is 3.55. The van der Waals surface area contributed by atoms with Crippen LogP contribution in [0.3, 0.4) is 0 Å². The summed E-state index contributed by atoms with van der Waals surface area (Å²) in [4.78, 5) is 8.82. The Kier molecular flexibility index (Phi) is 2.39. The highest BCUT2D eigenvalue weighted by molar-refractivity contribution is 9.11. The van der Waals surface area contributed by atoms with Gasteiger partial charge in [0.1, 0.15) is 5.82 Å². The van der Waals surface area contributed by atoms with Crippen molar-refractivity contribution in [2.75, 3.05) is 11.5 Å². The number of hydrogen-bond acceptors (Lipinski definition) is 5. The molecule has 0 spiro atoms. The van der Waals surface area contributed by atoms with Crippen LogP contribution in [0.15, 0.2) is 22.1 Å². The molecule has 2 rings (SSSR count). The van der Waals surface area contributed by atoms with E-state index in [4.69, 9.17) is 11.5 Å². The van der Waals surface area contributed by atoms with Crippen LogP contribution in [0.5, 0.6) is 0 Å². The van der Waals surface area contributed by atoms with Crippen molar-refractivity contribution < 1.29 is 0 Å². The van der Waals surface area contributed by atoms with Gasteiger partial charge in [0.25, 0.3) is 0 Å². The SMILES string of the molecule is Nc1ncc(-c2ccc(Br)s2)c(N)n1. The maximum Gasteiger partial charge on any atom is 0.221 e. The van der Waals surface area contributed by atoms with Crippen LogP contribution in [0.2, 0.25) is 0 Å². The third-order valence-electron chi connectivity index (χ3n) is 1.68. The fourth-order valence-electron chi connectivity index (χ4n) is 1.06. The van der Waals surface area contributed by atoms with Crippen molar-refractivity contribution in [3.63, 3.8) is 0 Å². The minimum atomic E-state index is 0.196. The van der Waals surface area contributed by atoms with E-state index in [1.54, 1.807) is 17.5 Å². The van der Waals surface area contributed by atoms with Gasteiger partial charge in [0.05, 0.1) is 9.35 Å². The molecule has 6 heteroatoms. The van der Waals surface area contributed by atoms with E-state index >= 15 is 0 Å². The zero-order valence-electron chi connectivity index (χ0n) is 7.07. The number of nitrogen functional groups attached to an aromatic ring is 2. The van der Waals surface area contributed by atoms with E-state index in [2.05, 4.69) is 25.9 Å². The van der Waals surface area contributed by atoms with Gasteiger partial charge in [-0.05, 0) is 28.1 Å². The Hall–Kier alpha value is -1.14. The molecule has 14 heavy (non-hydrogen) atoms. The topological polar surface area (TPSA) is 77.8 Å². The maximum absolute atomic E-state index is 5.72. The van der Waals surface area contributed by atoms with Crippen molar-refractivity contribution in [3.8, 4) is 10.4 Å². The minimum Gasteiger partial charge on any atom is -0.383 e. The lowest BCUT2D eigenvalue weighted by atomic mass is 10.2. The van der Waals surface area contributed by atoms with Crippen molar-refractivity contribution in [2.45, 2.75) is 0 Å². The predicted octanol–water partition coefficient (Wildman–Crippen LogP) is 2.13. The predicted molar refractivity (Wildman–Crippen MR) is 61.9 cm³/mol. The zero-order valence-corrected chi connectivity index (χ0v) is 9.47. The Bertz CT molecular complexity index is 468. The minimum absolute atomic E-state index is 0.196. The van der Waals surface area contributed by atoms with Crippen molar-refractivity contribution in [1.82, 2.24) is 9.97 Å². The molecule has 0 aliphatic rings. The van der Waals surface area contributed by atoms with Gasteiger partial charge in [-0.1, -0.05) is 0 Å². The summed E-state index contributed by atoms with van der Waals surface area (Å²) < 4.78 is 1.05. The second-order valence-electron chi connectivity index (χ2n) is 2.63. The monoisotopic (exact) mass is 270 g/mol. The molecule has 0 radical (unpaired) electrons. The van der Waals surface area contributed by atoms with Crippen LogP contribution in [-0.4, -0.2) is 9.97 Å². The first-order valence-electron chi connectivity index (χ1n) is 3.80. The Morgan fingerprint density at radius 1 is 1.29 bits per heavy atom. The number of thiophene rings is 1. The fourth-order valence-corrected chi connectivity index (χ4v) is 2.46. The van der Waals surface area contributed by atoms with Gasteiger partial charge in [0.15, 0.2) is 0 Å². The summed E-state index contributed by atoms with van der Waals surface area (Å²) in [5, 5.41) is 0. The number of anilines is 2. The maximum atomic E-state index is 5.72. The Morgan fingerprint density at radius 2 is 2.07 bits per heavy atom. The van der Waals surface area contributed by atoms with Crippen LogP contribution in [0.1, 0.15) is 0 Å². The van der Waals surface area contributed by atoms with Crippen molar-refractivity contribution in [3.05, 3.63) is 22.1 Å². The molecule has 0 aliphatic carbocycles. The highest BCUT2D eigenvalue weighted by Crippen LogP contribution is 2.33. The van der Waals surface area contributed by atoms with Crippen molar-refractivity contribution >= 4 is 39.0 Å². The van der Waals surface area contributed by atoms with E-state index in [1.807, 2.05) is 12.1 Å². The summed E-state index contributed by atoms with van der Waals surface area (Å²) in [6.07, 6.45) is 1.63. The Morgan fingerprint density at radius 3 is 2.64 bits per heavy atom. The molecular weight excluding hydrogens is 264 g/mol. The summed E-state index contributed by atoms with van der Waals surface area (Å²) in [6, 6.07) is 3.91. The number of nitrogens with zero attached hydrogens (tertiary/aromatic N) is 2. The average molecular weight is 271 g/mol. The summed E-state index contributed by atoms with van der Waals surface area (Å²) in [5.41, 5.74) is 11.9. The number of halogens is 1. The quantitative estimate of drug-likeness (QED) is 0.832. The molecule has 0 bridgehead atoms. The molecule has 2 aromatic rings. The molecule has 4 N–H and O–H groups in total. The van der Waals surface area contributed by atoms with Gasteiger partial charge in [-0.2, -0.15) is 4.98 Å². The van der Waals surface area contributed by atoms with E-state index in [0.717, 1.165) is 14.2 Å². The molecule has 0 saturated heterocycles. The molecule has 0 fully saturated rings. The molecule has 0 atom stereocenters. The lowest BCUT2D eigenvalue weighted by molar-refractivity contribution is 1.20. The highest BCUT2D eigenvalue weighted by Gasteiger charge is 2.07. The number of nitrogens with two attached hydrogens (primary N) is 2. The summed E-state index contributed by atoms with van der Waals surface area (Å²) in [6.45, 7) is 0. The molecule has 0 saturated carbocycles. The molecule has 2 aromatic heterocycles. The van der Waals surface area contributed by atoms with Gasteiger partial charge < -0.3 is 11.5 Å². The van der Waals surface area contributed by atoms with Crippen LogP contribution >= 0.6 is 27.3 Å². The van der Waals surface area contributed by atoms with Gasteiger partial charge in [0, 0.05) is 11.1 Å². The van der Waals surface area contributed by atoms with Crippen LogP contribution in [0, 0.1) is 0 Å². The van der Waals surface area contributed by atoms with Crippen LogP contribution in [-0.2, 0) is 0 Å². The van der Waals surface area contributed by atoms with Crippen LogP contribution in [0.25, 0.3) is 10.4 Å². The Labute approximate surface area is 93.1 Å². The molecule has 72 valence electrons. The number of rotatable bonds is 1. The largest absolute Gasteiger partial charge is 0.383 e. The lowest BCUT2D eigenvalue weighted by Gasteiger charge is -2.01. The molecule has 2 heterocycles. The van der Waals surface area contributed by atoms with Crippen LogP contribution in [0.4, 0.5) is 11.8 Å². The summed E-state index contributed by atoms with van der Waals surface area (Å²) in [5.74, 6) is 0.605. The van der Waals surface area contributed by atoms with Gasteiger partial charge in [-0.15, -0.1) is 11.3 Å². The fraction of sp³-hybridized carbons (Fsp3) is 0. The molecule has 0 amide bonds. The van der Waals surface area contributed by atoms with Gasteiger partial charge in [0.2, 0.25) is 5.95 Å². The standard InChI is InChI=1S/C8H7BrN4S/c9-6-2-1-5(14-6)4-3-12-8(11)13-7(4)10/h1-3H,(H4,10,11,12,13). The zero-order chi connectivity index (χ0) is 10.1. The smallest absolute Gasteiger partial charge is 0.221 e. The second-order valence-corrected chi connectivity index (χ2v) is 5.09. The van der Waals surface area contributed by atoms with E-state index < -0.39 is 0 Å². The van der Waals surface area contributed by atoms with Crippen molar-refractivity contribution in [2.24, 2.45) is 0 Å². The average Bonchev–Trinajstić information content (AvgIpc) is 2.51. The number of aromatic nitrogens is 2. The summed E-state index contributed by atoms with van der Waals surface area (Å²) >= 11 is 4.96. The summed E-state index contributed by atoms with van der Waals surface area (Å²) in [7, 11) is 0. The Balaban J connectivity index is 2.52. The van der Waals surface area contributed by atoms with Crippen LogP contribution < -0.4 is 11.5 Å². The highest BCUT2D eigenvalue weighted by atomic mass is 79.9. The first kappa shape index (κ1) is 9.42. The van der Waals surface area contributed by atoms with E-state index in [0.29, 0.717) is 5.82 Å². The molecule has 0 aliphatic heterocycles. The van der Waals surface area contributed by atoms with Gasteiger partial charge in [-0.3, -0.25) is 0 Å². The third kappa shape index (κ3) is 1.71. The third-order valence-corrected chi connectivity index (χ3v) is 3.33. The van der Waals surface area contributed by atoms with E-state index in [-0.39, 0.29) is 5.95 Å².